The third kappa shape index (κ3) is 4.20. The molecular weight excluding hydrogens is 312 g/mol. The number of aromatic nitrogens is 2. The van der Waals surface area contributed by atoms with E-state index in [1.807, 2.05) is 63.2 Å². The summed E-state index contributed by atoms with van der Waals surface area (Å²) in [5.41, 5.74) is 5.42. The van der Waals surface area contributed by atoms with Crippen LogP contribution < -0.4 is 10.6 Å². The quantitative estimate of drug-likeness (QED) is 0.743. The van der Waals surface area contributed by atoms with Gasteiger partial charge in [-0.1, -0.05) is 18.2 Å². The molecule has 1 heterocycles. The number of aryl methyl sites for hydroxylation is 3. The van der Waals surface area contributed by atoms with Crippen LogP contribution in [-0.4, -0.2) is 16.1 Å². The molecule has 2 N–H and O–H groups in total. The van der Waals surface area contributed by atoms with E-state index < -0.39 is 0 Å². The molecule has 5 nitrogen and oxygen atoms in total. The van der Waals surface area contributed by atoms with Gasteiger partial charge in [-0.3, -0.25) is 4.79 Å². The van der Waals surface area contributed by atoms with Crippen molar-refractivity contribution in [2.24, 2.45) is 0 Å². The molecule has 0 spiro atoms. The van der Waals surface area contributed by atoms with Crippen LogP contribution in [0.15, 0.2) is 54.6 Å². The summed E-state index contributed by atoms with van der Waals surface area (Å²) < 4.78 is 0. The maximum atomic E-state index is 12.3. The molecule has 0 saturated carbocycles. The van der Waals surface area contributed by atoms with Crippen molar-refractivity contribution in [3.63, 3.8) is 0 Å². The van der Waals surface area contributed by atoms with Crippen LogP contribution in [0.25, 0.3) is 0 Å². The highest BCUT2D eigenvalue weighted by atomic mass is 16.1. The molecule has 5 heteroatoms. The van der Waals surface area contributed by atoms with Gasteiger partial charge in [-0.2, -0.15) is 0 Å². The Balaban J connectivity index is 1.68. The van der Waals surface area contributed by atoms with Crippen LogP contribution in [0.4, 0.5) is 17.2 Å². The highest BCUT2D eigenvalue weighted by Gasteiger charge is 2.09. The van der Waals surface area contributed by atoms with E-state index in [1.165, 1.54) is 5.56 Å². The lowest BCUT2D eigenvalue weighted by molar-refractivity contribution is 0.102. The van der Waals surface area contributed by atoms with Crippen molar-refractivity contribution >= 4 is 23.1 Å². The average molecular weight is 332 g/mol. The molecule has 126 valence electrons. The highest BCUT2D eigenvalue weighted by molar-refractivity contribution is 6.02. The van der Waals surface area contributed by atoms with Gasteiger partial charge in [-0.05, 0) is 73.9 Å². The van der Waals surface area contributed by atoms with Crippen molar-refractivity contribution in [1.82, 2.24) is 10.2 Å². The van der Waals surface area contributed by atoms with E-state index in [9.17, 15) is 4.79 Å². The van der Waals surface area contributed by atoms with Crippen molar-refractivity contribution in [1.29, 1.82) is 0 Å². The maximum absolute atomic E-state index is 12.3. The first kappa shape index (κ1) is 16.6. The average Bonchev–Trinajstić information content (AvgIpc) is 2.59. The number of carbonyl (C=O) groups excluding carboxylic acids is 1. The molecule has 25 heavy (non-hydrogen) atoms. The Kier molecular flexibility index (Phi) is 4.75. The summed E-state index contributed by atoms with van der Waals surface area (Å²) >= 11 is 0. The number of amides is 1. The maximum Gasteiger partial charge on any atom is 0.276 e. The molecule has 3 rings (SSSR count). The lowest BCUT2D eigenvalue weighted by atomic mass is 10.1. The van der Waals surface area contributed by atoms with Gasteiger partial charge in [-0.15, -0.1) is 10.2 Å². The largest absolute Gasteiger partial charge is 0.339 e. The number of nitrogens with one attached hydrogen (secondary N) is 2. The first-order valence-corrected chi connectivity index (χ1v) is 8.07. The Morgan fingerprint density at radius 3 is 2.36 bits per heavy atom. The Morgan fingerprint density at radius 1 is 0.840 bits per heavy atom. The summed E-state index contributed by atoms with van der Waals surface area (Å²) in [4.78, 5) is 12.3. The minimum absolute atomic E-state index is 0.271. The van der Waals surface area contributed by atoms with E-state index in [0.717, 1.165) is 22.5 Å². The molecule has 1 amide bonds. The van der Waals surface area contributed by atoms with E-state index >= 15 is 0 Å². The highest BCUT2D eigenvalue weighted by Crippen LogP contribution is 2.17. The zero-order chi connectivity index (χ0) is 17.8. The standard InChI is InChI=1S/C20H20N4O/c1-13-5-4-6-16(11-13)21-19-10-9-18(23-24-19)20(25)22-17-8-7-14(2)15(3)12-17/h4-12H,1-3H3,(H,21,24)(H,22,25). The van der Waals surface area contributed by atoms with Crippen LogP contribution in [0.3, 0.4) is 0 Å². The van der Waals surface area contributed by atoms with E-state index in [2.05, 4.69) is 20.8 Å². The smallest absolute Gasteiger partial charge is 0.276 e. The van der Waals surface area contributed by atoms with Crippen LogP contribution >= 0.6 is 0 Å². The first-order valence-electron chi connectivity index (χ1n) is 8.07. The number of hydrogen-bond donors (Lipinski definition) is 2. The third-order valence-electron chi connectivity index (χ3n) is 3.95. The summed E-state index contributed by atoms with van der Waals surface area (Å²) in [5, 5.41) is 14.1. The van der Waals surface area contributed by atoms with Gasteiger partial charge in [0, 0.05) is 11.4 Å². The molecule has 0 aliphatic carbocycles. The number of carbonyl (C=O) groups is 1. The molecule has 0 saturated heterocycles. The van der Waals surface area contributed by atoms with Crippen molar-refractivity contribution in [3.8, 4) is 0 Å². The molecule has 2 aromatic carbocycles. The third-order valence-corrected chi connectivity index (χ3v) is 3.95. The fourth-order valence-corrected chi connectivity index (χ4v) is 2.41. The fourth-order valence-electron chi connectivity index (χ4n) is 2.41. The molecular formula is C20H20N4O. The summed E-state index contributed by atoms with van der Waals surface area (Å²) in [6.07, 6.45) is 0. The summed E-state index contributed by atoms with van der Waals surface area (Å²) in [5.74, 6) is 0.311. The van der Waals surface area contributed by atoms with E-state index in [0.29, 0.717) is 5.82 Å². The van der Waals surface area contributed by atoms with Gasteiger partial charge < -0.3 is 10.6 Å². The molecule has 0 radical (unpaired) electrons. The van der Waals surface area contributed by atoms with Crippen molar-refractivity contribution in [2.75, 3.05) is 10.6 Å². The van der Waals surface area contributed by atoms with Crippen LogP contribution in [-0.2, 0) is 0 Å². The van der Waals surface area contributed by atoms with Crippen LogP contribution in [0.2, 0.25) is 0 Å². The lowest BCUT2D eigenvalue weighted by Gasteiger charge is -2.08. The molecule has 0 bridgehead atoms. The molecule has 0 fully saturated rings. The van der Waals surface area contributed by atoms with Crippen LogP contribution in [0, 0.1) is 20.8 Å². The molecule has 0 aliphatic heterocycles. The van der Waals surface area contributed by atoms with Gasteiger partial charge in [0.25, 0.3) is 5.91 Å². The number of anilines is 3. The molecule has 0 atom stereocenters. The molecule has 0 aliphatic rings. The first-order chi connectivity index (χ1) is 12.0. The number of hydrogen-bond acceptors (Lipinski definition) is 4. The minimum atomic E-state index is -0.280. The summed E-state index contributed by atoms with van der Waals surface area (Å²) in [6.45, 7) is 6.07. The second-order valence-corrected chi connectivity index (χ2v) is 6.05. The van der Waals surface area contributed by atoms with Crippen LogP contribution in [0.5, 0.6) is 0 Å². The minimum Gasteiger partial charge on any atom is -0.339 e. The second kappa shape index (κ2) is 7.13. The lowest BCUT2D eigenvalue weighted by Crippen LogP contribution is -2.14. The van der Waals surface area contributed by atoms with Crippen LogP contribution in [0.1, 0.15) is 27.2 Å². The fraction of sp³-hybridized carbons (Fsp3) is 0.150. The summed E-state index contributed by atoms with van der Waals surface area (Å²) in [7, 11) is 0. The van der Waals surface area contributed by atoms with E-state index in [1.54, 1.807) is 12.1 Å². The Hall–Kier alpha value is -3.21. The van der Waals surface area contributed by atoms with Crippen molar-refractivity contribution < 1.29 is 4.79 Å². The number of rotatable bonds is 4. The van der Waals surface area contributed by atoms with Gasteiger partial charge in [0.05, 0.1) is 0 Å². The van der Waals surface area contributed by atoms with Crippen molar-refractivity contribution in [2.45, 2.75) is 20.8 Å². The zero-order valence-electron chi connectivity index (χ0n) is 14.5. The Morgan fingerprint density at radius 2 is 1.68 bits per heavy atom. The Bertz CT molecular complexity index is 904. The second-order valence-electron chi connectivity index (χ2n) is 6.05. The van der Waals surface area contributed by atoms with Gasteiger partial charge in [0.1, 0.15) is 0 Å². The zero-order valence-corrected chi connectivity index (χ0v) is 14.5. The van der Waals surface area contributed by atoms with Crippen molar-refractivity contribution in [3.05, 3.63) is 77.0 Å². The number of nitrogens with zero attached hydrogens (tertiary/aromatic N) is 2. The van der Waals surface area contributed by atoms with Gasteiger partial charge >= 0.3 is 0 Å². The molecule has 0 unspecified atom stereocenters. The van der Waals surface area contributed by atoms with Gasteiger partial charge in [0.15, 0.2) is 11.5 Å². The van der Waals surface area contributed by atoms with Gasteiger partial charge in [-0.25, -0.2) is 0 Å². The number of benzene rings is 2. The SMILES string of the molecule is Cc1cccc(Nc2ccc(C(=O)Nc3ccc(C)c(C)c3)nn2)c1. The predicted octanol–water partition coefficient (Wildman–Crippen LogP) is 4.40. The Labute approximate surface area is 147 Å². The normalized spacial score (nSPS) is 10.4. The topological polar surface area (TPSA) is 66.9 Å². The van der Waals surface area contributed by atoms with E-state index in [4.69, 9.17) is 0 Å². The summed E-state index contributed by atoms with van der Waals surface area (Å²) in [6, 6.07) is 17.2. The monoisotopic (exact) mass is 332 g/mol. The van der Waals surface area contributed by atoms with Gasteiger partial charge in [0.2, 0.25) is 0 Å². The molecule has 1 aromatic heterocycles. The predicted molar refractivity (Wildman–Crippen MR) is 100 cm³/mol. The molecule has 3 aromatic rings. The van der Waals surface area contributed by atoms with E-state index in [-0.39, 0.29) is 11.6 Å².